The number of aromatic hydroxyl groups is 1. The fourth-order valence-corrected chi connectivity index (χ4v) is 3.62. The molecule has 2 heterocycles. The second kappa shape index (κ2) is 8.92. The summed E-state index contributed by atoms with van der Waals surface area (Å²) in [6, 6.07) is 16.9. The average Bonchev–Trinajstić information content (AvgIpc) is 2.79. The number of hydrogen-bond donors (Lipinski definition) is 2. The number of rotatable bonds is 7. The minimum absolute atomic E-state index is 0.135. The maximum atomic E-state index is 11.1. The molecule has 2 aromatic heterocycles. The van der Waals surface area contributed by atoms with Crippen molar-refractivity contribution in [2.75, 3.05) is 19.0 Å². The van der Waals surface area contributed by atoms with Crippen molar-refractivity contribution in [2.45, 2.75) is 19.9 Å². The SMILES string of the molecule is CCOc1ccc(C(Nc2cc(C)ccn2)c2ccc3cccnc3c2O)cc1OC. The Morgan fingerprint density at radius 3 is 2.65 bits per heavy atom. The minimum Gasteiger partial charge on any atom is -0.505 e. The Morgan fingerprint density at radius 2 is 1.87 bits per heavy atom. The largest absolute Gasteiger partial charge is 0.505 e. The van der Waals surface area contributed by atoms with Crippen molar-refractivity contribution in [3.8, 4) is 17.2 Å². The number of anilines is 1. The second-order valence-corrected chi connectivity index (χ2v) is 7.22. The van der Waals surface area contributed by atoms with Gasteiger partial charge in [0, 0.05) is 23.3 Å². The molecule has 158 valence electrons. The van der Waals surface area contributed by atoms with E-state index in [-0.39, 0.29) is 11.8 Å². The lowest BCUT2D eigenvalue weighted by molar-refractivity contribution is 0.310. The van der Waals surface area contributed by atoms with Gasteiger partial charge in [-0.1, -0.05) is 24.3 Å². The fraction of sp³-hybridized carbons (Fsp3) is 0.200. The van der Waals surface area contributed by atoms with E-state index in [1.807, 2.05) is 68.4 Å². The Balaban J connectivity index is 1.85. The summed E-state index contributed by atoms with van der Waals surface area (Å²) in [5, 5.41) is 15.4. The number of ether oxygens (including phenoxy) is 2. The van der Waals surface area contributed by atoms with E-state index < -0.39 is 0 Å². The number of benzene rings is 2. The van der Waals surface area contributed by atoms with Gasteiger partial charge < -0.3 is 19.9 Å². The molecule has 1 unspecified atom stereocenters. The van der Waals surface area contributed by atoms with Gasteiger partial charge in [0.15, 0.2) is 11.5 Å². The van der Waals surface area contributed by atoms with Crippen LogP contribution in [-0.2, 0) is 0 Å². The third-order valence-corrected chi connectivity index (χ3v) is 5.12. The molecule has 0 fully saturated rings. The van der Waals surface area contributed by atoms with Crippen molar-refractivity contribution < 1.29 is 14.6 Å². The second-order valence-electron chi connectivity index (χ2n) is 7.22. The van der Waals surface area contributed by atoms with E-state index in [2.05, 4.69) is 15.3 Å². The van der Waals surface area contributed by atoms with Gasteiger partial charge in [0.25, 0.3) is 0 Å². The fourth-order valence-electron chi connectivity index (χ4n) is 3.62. The van der Waals surface area contributed by atoms with Crippen molar-refractivity contribution in [1.82, 2.24) is 9.97 Å². The molecule has 0 bridgehead atoms. The van der Waals surface area contributed by atoms with Crippen molar-refractivity contribution in [1.29, 1.82) is 0 Å². The van der Waals surface area contributed by atoms with Crippen LogP contribution in [0, 0.1) is 6.92 Å². The summed E-state index contributed by atoms with van der Waals surface area (Å²) in [5.41, 5.74) is 3.24. The molecule has 0 aliphatic heterocycles. The van der Waals surface area contributed by atoms with Crippen molar-refractivity contribution in [3.05, 3.63) is 83.7 Å². The topological polar surface area (TPSA) is 76.5 Å². The molecule has 2 aromatic carbocycles. The van der Waals surface area contributed by atoms with E-state index in [1.54, 1.807) is 19.5 Å². The number of hydrogen-bond acceptors (Lipinski definition) is 6. The summed E-state index contributed by atoms with van der Waals surface area (Å²) in [4.78, 5) is 8.82. The molecule has 0 saturated carbocycles. The van der Waals surface area contributed by atoms with E-state index >= 15 is 0 Å². The standard InChI is InChI=1S/C25H25N3O3/c1-4-31-20-10-8-18(15-21(20)30-3)23(28-22-14-16(2)11-13-26-22)19-9-7-17-6-5-12-27-24(17)25(19)29/h5-15,23,29H,4H2,1-3H3,(H,26,28). The van der Waals surface area contributed by atoms with Crippen LogP contribution in [0.3, 0.4) is 0 Å². The molecule has 4 rings (SSSR count). The van der Waals surface area contributed by atoms with Gasteiger partial charge >= 0.3 is 0 Å². The van der Waals surface area contributed by atoms with Gasteiger partial charge in [-0.25, -0.2) is 4.98 Å². The van der Waals surface area contributed by atoms with Crippen LogP contribution in [0.25, 0.3) is 10.9 Å². The van der Waals surface area contributed by atoms with Crippen LogP contribution in [0.5, 0.6) is 17.2 Å². The quantitative estimate of drug-likeness (QED) is 0.429. The van der Waals surface area contributed by atoms with Crippen LogP contribution >= 0.6 is 0 Å². The smallest absolute Gasteiger partial charge is 0.161 e. The molecule has 0 saturated heterocycles. The highest BCUT2D eigenvalue weighted by Gasteiger charge is 2.22. The lowest BCUT2D eigenvalue weighted by Gasteiger charge is -2.23. The Labute approximate surface area is 181 Å². The molecule has 1 atom stereocenters. The van der Waals surface area contributed by atoms with Crippen molar-refractivity contribution in [3.63, 3.8) is 0 Å². The van der Waals surface area contributed by atoms with Gasteiger partial charge in [-0.2, -0.15) is 0 Å². The number of nitrogens with zero attached hydrogens (tertiary/aromatic N) is 2. The first-order valence-electron chi connectivity index (χ1n) is 10.2. The summed E-state index contributed by atoms with van der Waals surface area (Å²) >= 11 is 0. The number of phenolic OH excluding ortho intramolecular Hbond substituents is 1. The Hall–Kier alpha value is -3.80. The highest BCUT2D eigenvalue weighted by molar-refractivity contribution is 5.86. The zero-order chi connectivity index (χ0) is 21.8. The molecular formula is C25H25N3O3. The molecule has 31 heavy (non-hydrogen) atoms. The van der Waals surface area contributed by atoms with Crippen LogP contribution < -0.4 is 14.8 Å². The number of methoxy groups -OCH3 is 1. The monoisotopic (exact) mass is 415 g/mol. The number of aromatic nitrogens is 2. The minimum atomic E-state index is -0.384. The van der Waals surface area contributed by atoms with Crippen molar-refractivity contribution >= 4 is 16.7 Å². The first-order valence-corrected chi connectivity index (χ1v) is 10.2. The first kappa shape index (κ1) is 20.5. The van der Waals surface area contributed by atoms with E-state index in [1.165, 1.54) is 0 Å². The predicted molar refractivity (Wildman–Crippen MR) is 122 cm³/mol. The third-order valence-electron chi connectivity index (χ3n) is 5.12. The average molecular weight is 415 g/mol. The van der Waals surface area contributed by atoms with Crippen molar-refractivity contribution in [2.24, 2.45) is 0 Å². The van der Waals surface area contributed by atoms with Crippen LogP contribution in [0.2, 0.25) is 0 Å². The molecule has 0 aliphatic rings. The van der Waals surface area contributed by atoms with Crippen LogP contribution in [0.1, 0.15) is 29.7 Å². The van der Waals surface area contributed by atoms with Gasteiger partial charge in [0.1, 0.15) is 17.1 Å². The highest BCUT2D eigenvalue weighted by atomic mass is 16.5. The van der Waals surface area contributed by atoms with Crippen LogP contribution in [0.4, 0.5) is 5.82 Å². The molecule has 0 radical (unpaired) electrons. The third kappa shape index (κ3) is 4.23. The molecule has 4 aromatic rings. The Bertz CT molecular complexity index is 1210. The molecule has 6 heteroatoms. The summed E-state index contributed by atoms with van der Waals surface area (Å²) in [6.45, 7) is 4.49. The van der Waals surface area contributed by atoms with E-state index in [9.17, 15) is 5.11 Å². The number of nitrogens with one attached hydrogen (secondary N) is 1. The summed E-state index contributed by atoms with van der Waals surface area (Å²) < 4.78 is 11.2. The number of pyridine rings is 2. The predicted octanol–water partition coefficient (Wildman–Crippen LogP) is 5.25. The lowest BCUT2D eigenvalue weighted by atomic mass is 9.95. The number of phenols is 1. The Kier molecular flexibility index (Phi) is 5.89. The molecular weight excluding hydrogens is 390 g/mol. The first-order chi connectivity index (χ1) is 15.1. The normalized spacial score (nSPS) is 11.8. The van der Waals surface area contributed by atoms with E-state index in [4.69, 9.17) is 9.47 Å². The molecule has 0 amide bonds. The number of fused-ring (bicyclic) bond motifs is 1. The molecule has 6 nitrogen and oxygen atoms in total. The van der Waals surface area contributed by atoms with E-state index in [0.717, 1.165) is 16.5 Å². The zero-order valence-electron chi connectivity index (χ0n) is 17.8. The lowest BCUT2D eigenvalue weighted by Crippen LogP contribution is -2.14. The van der Waals surface area contributed by atoms with Gasteiger partial charge in [-0.05, 0) is 55.3 Å². The van der Waals surface area contributed by atoms with Gasteiger partial charge in [0.05, 0.1) is 19.8 Å². The van der Waals surface area contributed by atoms with Gasteiger partial charge in [-0.3, -0.25) is 4.98 Å². The molecule has 0 aliphatic carbocycles. The van der Waals surface area contributed by atoms with E-state index in [0.29, 0.717) is 35.0 Å². The zero-order valence-corrected chi connectivity index (χ0v) is 17.8. The molecule has 0 spiro atoms. The Morgan fingerprint density at radius 1 is 1.00 bits per heavy atom. The highest BCUT2D eigenvalue weighted by Crippen LogP contribution is 2.39. The van der Waals surface area contributed by atoms with Crippen LogP contribution in [0.15, 0.2) is 67.0 Å². The molecule has 2 N–H and O–H groups in total. The summed E-state index contributed by atoms with van der Waals surface area (Å²) in [7, 11) is 1.61. The number of aryl methyl sites for hydroxylation is 1. The summed E-state index contributed by atoms with van der Waals surface area (Å²) in [6.07, 6.45) is 3.44. The van der Waals surface area contributed by atoms with Crippen LogP contribution in [-0.4, -0.2) is 28.8 Å². The maximum absolute atomic E-state index is 11.1. The maximum Gasteiger partial charge on any atom is 0.161 e. The van der Waals surface area contributed by atoms with Gasteiger partial charge in [-0.15, -0.1) is 0 Å². The summed E-state index contributed by atoms with van der Waals surface area (Å²) in [5.74, 6) is 2.14. The van der Waals surface area contributed by atoms with Gasteiger partial charge in [0.2, 0.25) is 0 Å².